The Kier molecular flexibility index (Phi) is 3.81. The maximum Gasteiger partial charge on any atom is 0.463 e. The highest BCUT2D eigenvalue weighted by atomic mass is 79.9. The van der Waals surface area contributed by atoms with Crippen molar-refractivity contribution in [3.63, 3.8) is 0 Å². The van der Waals surface area contributed by atoms with Crippen LogP contribution >= 0.6 is 15.9 Å². The van der Waals surface area contributed by atoms with E-state index in [-0.39, 0.29) is 4.83 Å². The first-order valence-corrected chi connectivity index (χ1v) is 5.47. The van der Waals surface area contributed by atoms with Gasteiger partial charge in [-0.2, -0.15) is 22.0 Å². The Morgan fingerprint density at radius 1 is 1.19 bits per heavy atom. The summed E-state index contributed by atoms with van der Waals surface area (Å²) >= 11 is 3.11. The molecule has 0 heterocycles. The molecular formula is C8H9BrF5NO. The lowest BCUT2D eigenvalue weighted by Crippen LogP contribution is -2.53. The molecule has 1 aliphatic rings. The van der Waals surface area contributed by atoms with Crippen molar-refractivity contribution in [1.29, 1.82) is 0 Å². The highest BCUT2D eigenvalue weighted by molar-refractivity contribution is 9.09. The van der Waals surface area contributed by atoms with Gasteiger partial charge in [0.1, 0.15) is 0 Å². The van der Waals surface area contributed by atoms with Crippen LogP contribution in [0.15, 0.2) is 0 Å². The predicted octanol–water partition coefficient (Wildman–Crippen LogP) is 2.62. The van der Waals surface area contributed by atoms with Gasteiger partial charge in [0.25, 0.3) is 0 Å². The molecule has 1 N–H and O–H groups in total. The van der Waals surface area contributed by atoms with Gasteiger partial charge in [-0.1, -0.05) is 22.4 Å². The number of carbonyl (C=O) groups excluding carboxylic acids is 1. The molecule has 94 valence electrons. The summed E-state index contributed by atoms with van der Waals surface area (Å²) in [5.74, 6) is -7.61. The molecule has 2 unspecified atom stereocenters. The highest BCUT2D eigenvalue weighted by Gasteiger charge is 2.63. The van der Waals surface area contributed by atoms with Crippen LogP contribution in [0.2, 0.25) is 0 Å². The van der Waals surface area contributed by atoms with Gasteiger partial charge in [-0.25, -0.2) is 0 Å². The fraction of sp³-hybridized carbons (Fsp3) is 0.875. The number of nitrogens with one attached hydrogen (secondary N) is 1. The van der Waals surface area contributed by atoms with E-state index in [0.29, 0.717) is 19.3 Å². The molecule has 0 aromatic carbocycles. The summed E-state index contributed by atoms with van der Waals surface area (Å²) in [5, 5.41) is 1.72. The van der Waals surface area contributed by atoms with E-state index in [1.54, 1.807) is 5.32 Å². The maximum atomic E-state index is 12.6. The average molecular weight is 310 g/mol. The molecule has 0 aromatic rings. The Hall–Kier alpha value is -0.400. The van der Waals surface area contributed by atoms with Crippen LogP contribution in [0, 0.1) is 0 Å². The van der Waals surface area contributed by atoms with Crippen molar-refractivity contribution in [2.45, 2.75) is 42.2 Å². The predicted molar refractivity (Wildman–Crippen MR) is 49.5 cm³/mol. The summed E-state index contributed by atoms with van der Waals surface area (Å²) in [6.07, 6.45) is -4.13. The monoisotopic (exact) mass is 309 g/mol. The fourth-order valence-corrected chi connectivity index (χ4v) is 2.19. The molecule has 0 radical (unpaired) electrons. The quantitative estimate of drug-likeness (QED) is 0.616. The zero-order chi connectivity index (χ0) is 12.6. The van der Waals surface area contributed by atoms with E-state index in [1.807, 2.05) is 0 Å². The zero-order valence-corrected chi connectivity index (χ0v) is 9.54. The molecule has 2 atom stereocenters. The first kappa shape index (κ1) is 13.7. The number of alkyl halides is 6. The summed E-state index contributed by atoms with van der Waals surface area (Å²) in [6.45, 7) is 0. The molecule has 0 aliphatic heterocycles. The summed E-state index contributed by atoms with van der Waals surface area (Å²) in [7, 11) is 0. The molecule has 8 heteroatoms. The minimum Gasteiger partial charge on any atom is -0.347 e. The van der Waals surface area contributed by atoms with Gasteiger partial charge in [0, 0.05) is 10.9 Å². The van der Waals surface area contributed by atoms with E-state index in [0.717, 1.165) is 0 Å². The summed E-state index contributed by atoms with van der Waals surface area (Å²) < 4.78 is 60.6. The van der Waals surface area contributed by atoms with Crippen molar-refractivity contribution < 1.29 is 26.7 Å². The van der Waals surface area contributed by atoms with Crippen LogP contribution < -0.4 is 5.32 Å². The van der Waals surface area contributed by atoms with Crippen molar-refractivity contribution in [3.05, 3.63) is 0 Å². The highest BCUT2D eigenvalue weighted by Crippen LogP contribution is 2.36. The molecule has 1 saturated carbocycles. The third-order valence-corrected chi connectivity index (χ3v) is 3.49. The summed E-state index contributed by atoms with van der Waals surface area (Å²) in [5.41, 5.74) is 0. The van der Waals surface area contributed by atoms with Gasteiger partial charge in [0.2, 0.25) is 0 Å². The molecule has 1 amide bonds. The Morgan fingerprint density at radius 3 is 2.12 bits per heavy atom. The Bertz CT molecular complexity index is 280. The lowest BCUT2D eigenvalue weighted by Gasteiger charge is -2.22. The van der Waals surface area contributed by atoms with Crippen molar-refractivity contribution >= 4 is 21.8 Å². The normalized spacial score (nSPS) is 26.9. The molecule has 0 saturated heterocycles. The Labute approximate surface area is 96.7 Å². The third kappa shape index (κ3) is 2.64. The first-order chi connectivity index (χ1) is 7.16. The van der Waals surface area contributed by atoms with Crippen LogP contribution in [0.25, 0.3) is 0 Å². The van der Waals surface area contributed by atoms with Crippen molar-refractivity contribution in [3.8, 4) is 0 Å². The fourth-order valence-electron chi connectivity index (χ4n) is 1.47. The lowest BCUT2D eigenvalue weighted by atomic mass is 10.2. The molecule has 0 bridgehead atoms. The smallest absolute Gasteiger partial charge is 0.347 e. The topological polar surface area (TPSA) is 29.1 Å². The van der Waals surface area contributed by atoms with Gasteiger partial charge in [0.15, 0.2) is 0 Å². The lowest BCUT2D eigenvalue weighted by molar-refractivity contribution is -0.270. The molecule has 0 aromatic heterocycles. The SMILES string of the molecule is O=C(NC1CCCC1Br)C(F)(F)C(F)(F)F. The number of halogens is 6. The molecule has 1 fully saturated rings. The summed E-state index contributed by atoms with van der Waals surface area (Å²) in [4.78, 5) is 10.6. The van der Waals surface area contributed by atoms with Crippen molar-refractivity contribution in [2.24, 2.45) is 0 Å². The second-order valence-electron chi connectivity index (χ2n) is 3.60. The van der Waals surface area contributed by atoms with Gasteiger partial charge in [0.05, 0.1) is 0 Å². The molecular weight excluding hydrogens is 301 g/mol. The number of hydrogen-bond donors (Lipinski definition) is 1. The van der Waals surface area contributed by atoms with Crippen LogP contribution in [0.4, 0.5) is 22.0 Å². The number of hydrogen-bond acceptors (Lipinski definition) is 1. The van der Waals surface area contributed by atoms with Crippen LogP contribution in [0.3, 0.4) is 0 Å². The van der Waals surface area contributed by atoms with E-state index in [2.05, 4.69) is 15.9 Å². The van der Waals surface area contributed by atoms with Gasteiger partial charge < -0.3 is 5.32 Å². The van der Waals surface area contributed by atoms with Crippen molar-refractivity contribution in [2.75, 3.05) is 0 Å². The van der Waals surface area contributed by atoms with Crippen LogP contribution in [0.1, 0.15) is 19.3 Å². The Balaban J connectivity index is 2.65. The standard InChI is InChI=1S/C8H9BrF5NO/c9-4-2-1-3-5(4)15-6(16)7(10,11)8(12,13)14/h4-5H,1-3H2,(H,15,16). The first-order valence-electron chi connectivity index (χ1n) is 4.56. The molecule has 1 aliphatic carbocycles. The third-order valence-electron chi connectivity index (χ3n) is 2.39. The maximum absolute atomic E-state index is 12.6. The van der Waals surface area contributed by atoms with Gasteiger partial charge in [-0.05, 0) is 12.8 Å². The molecule has 2 nitrogen and oxygen atoms in total. The number of carbonyl (C=O) groups is 1. The second kappa shape index (κ2) is 4.46. The van der Waals surface area contributed by atoms with Gasteiger partial charge in [-0.15, -0.1) is 0 Å². The number of amides is 1. The van der Waals surface area contributed by atoms with E-state index in [4.69, 9.17) is 0 Å². The van der Waals surface area contributed by atoms with E-state index >= 15 is 0 Å². The summed E-state index contributed by atoms with van der Waals surface area (Å²) in [6, 6.07) is -0.666. The zero-order valence-electron chi connectivity index (χ0n) is 7.95. The minimum absolute atomic E-state index is 0.250. The Morgan fingerprint density at radius 2 is 1.75 bits per heavy atom. The average Bonchev–Trinajstić information content (AvgIpc) is 2.49. The minimum atomic E-state index is -5.85. The molecule has 0 spiro atoms. The number of rotatable bonds is 2. The van der Waals surface area contributed by atoms with Crippen LogP contribution in [-0.4, -0.2) is 28.9 Å². The van der Waals surface area contributed by atoms with E-state index < -0.39 is 24.0 Å². The second-order valence-corrected chi connectivity index (χ2v) is 4.78. The van der Waals surface area contributed by atoms with Crippen LogP contribution in [0.5, 0.6) is 0 Å². The van der Waals surface area contributed by atoms with Gasteiger partial charge >= 0.3 is 18.0 Å². The van der Waals surface area contributed by atoms with E-state index in [9.17, 15) is 26.7 Å². The molecule has 1 rings (SSSR count). The van der Waals surface area contributed by atoms with Crippen molar-refractivity contribution in [1.82, 2.24) is 5.32 Å². The molecule has 16 heavy (non-hydrogen) atoms. The van der Waals surface area contributed by atoms with E-state index in [1.165, 1.54) is 0 Å². The largest absolute Gasteiger partial charge is 0.463 e. The van der Waals surface area contributed by atoms with Crippen LogP contribution in [-0.2, 0) is 4.79 Å². The van der Waals surface area contributed by atoms with Gasteiger partial charge in [-0.3, -0.25) is 4.79 Å².